The molecule has 2 aromatic rings. The number of nitrogens with one attached hydrogen (secondary N) is 1. The van der Waals surface area contributed by atoms with E-state index >= 15 is 0 Å². The lowest BCUT2D eigenvalue weighted by atomic mass is 10.1. The number of aromatic nitrogens is 1. The van der Waals surface area contributed by atoms with Crippen LogP contribution in [-0.4, -0.2) is 31.3 Å². The van der Waals surface area contributed by atoms with Gasteiger partial charge < -0.3 is 14.8 Å². The summed E-state index contributed by atoms with van der Waals surface area (Å²) in [5.74, 6) is 1.51. The SMILES string of the molecule is COc1ccc2ccnc(OCC3CCCN3)c2c1. The Kier molecular flexibility index (Phi) is 3.51. The predicted octanol–water partition coefficient (Wildman–Crippen LogP) is 2.37. The van der Waals surface area contributed by atoms with Crippen LogP contribution in [0.15, 0.2) is 30.5 Å². The predicted molar refractivity (Wildman–Crippen MR) is 74.8 cm³/mol. The second kappa shape index (κ2) is 5.45. The van der Waals surface area contributed by atoms with Gasteiger partial charge in [0.15, 0.2) is 0 Å². The lowest BCUT2D eigenvalue weighted by Crippen LogP contribution is -2.28. The van der Waals surface area contributed by atoms with Crippen molar-refractivity contribution in [1.82, 2.24) is 10.3 Å². The summed E-state index contributed by atoms with van der Waals surface area (Å²) in [5.41, 5.74) is 0. The number of hydrogen-bond acceptors (Lipinski definition) is 4. The Morgan fingerprint density at radius 1 is 1.37 bits per heavy atom. The molecule has 0 aliphatic carbocycles. The number of methoxy groups -OCH3 is 1. The average Bonchev–Trinajstić information content (AvgIpc) is 2.97. The number of benzene rings is 1. The van der Waals surface area contributed by atoms with Gasteiger partial charge in [0, 0.05) is 17.6 Å². The molecule has 2 heterocycles. The number of hydrogen-bond donors (Lipinski definition) is 1. The van der Waals surface area contributed by atoms with E-state index < -0.39 is 0 Å². The van der Waals surface area contributed by atoms with Crippen LogP contribution in [0.25, 0.3) is 10.8 Å². The molecule has 4 nitrogen and oxygen atoms in total. The summed E-state index contributed by atoms with van der Waals surface area (Å²) in [6.07, 6.45) is 4.19. The molecule has 1 aliphatic heterocycles. The standard InChI is InChI=1S/C15H18N2O2/c1-18-13-5-4-11-6-8-17-15(14(11)9-13)19-10-12-3-2-7-16-12/h4-6,8-9,12,16H,2-3,7,10H2,1H3. The van der Waals surface area contributed by atoms with Crippen LogP contribution < -0.4 is 14.8 Å². The molecule has 1 aliphatic rings. The fraction of sp³-hybridized carbons (Fsp3) is 0.400. The molecule has 0 spiro atoms. The van der Waals surface area contributed by atoms with Crippen LogP contribution in [0.4, 0.5) is 0 Å². The number of pyridine rings is 1. The third kappa shape index (κ3) is 2.63. The highest BCUT2D eigenvalue weighted by Crippen LogP contribution is 2.27. The van der Waals surface area contributed by atoms with Gasteiger partial charge in [0.25, 0.3) is 0 Å². The largest absolute Gasteiger partial charge is 0.497 e. The van der Waals surface area contributed by atoms with Crippen molar-refractivity contribution in [3.63, 3.8) is 0 Å². The molecule has 0 saturated carbocycles. The summed E-state index contributed by atoms with van der Waals surface area (Å²) in [6, 6.07) is 8.37. The molecule has 1 aromatic carbocycles. The smallest absolute Gasteiger partial charge is 0.221 e. The van der Waals surface area contributed by atoms with Crippen molar-refractivity contribution in [3.05, 3.63) is 30.5 Å². The average molecular weight is 258 g/mol. The van der Waals surface area contributed by atoms with Crippen LogP contribution in [0, 0.1) is 0 Å². The van der Waals surface area contributed by atoms with Gasteiger partial charge >= 0.3 is 0 Å². The van der Waals surface area contributed by atoms with Gasteiger partial charge in [0.1, 0.15) is 12.4 Å². The van der Waals surface area contributed by atoms with Gasteiger partial charge in [-0.1, -0.05) is 6.07 Å². The van der Waals surface area contributed by atoms with Gasteiger partial charge in [0.05, 0.1) is 7.11 Å². The van der Waals surface area contributed by atoms with Crippen LogP contribution in [0.5, 0.6) is 11.6 Å². The van der Waals surface area contributed by atoms with E-state index in [9.17, 15) is 0 Å². The molecule has 19 heavy (non-hydrogen) atoms. The van der Waals surface area contributed by atoms with E-state index in [2.05, 4.69) is 10.3 Å². The first-order valence-corrected chi connectivity index (χ1v) is 6.66. The molecule has 1 unspecified atom stereocenters. The summed E-state index contributed by atoms with van der Waals surface area (Å²) in [6.45, 7) is 1.76. The zero-order valence-electron chi connectivity index (χ0n) is 11.1. The summed E-state index contributed by atoms with van der Waals surface area (Å²) < 4.78 is 11.1. The van der Waals surface area contributed by atoms with Crippen LogP contribution in [-0.2, 0) is 0 Å². The fourth-order valence-electron chi connectivity index (χ4n) is 2.44. The maximum Gasteiger partial charge on any atom is 0.221 e. The molecule has 1 atom stereocenters. The molecular weight excluding hydrogens is 240 g/mol. The maximum absolute atomic E-state index is 5.87. The lowest BCUT2D eigenvalue weighted by molar-refractivity contribution is 0.271. The van der Waals surface area contributed by atoms with Crippen molar-refractivity contribution in [1.29, 1.82) is 0 Å². The molecule has 0 bridgehead atoms. The Balaban J connectivity index is 1.84. The molecule has 1 fully saturated rings. The van der Waals surface area contributed by atoms with Crippen molar-refractivity contribution in [3.8, 4) is 11.6 Å². The van der Waals surface area contributed by atoms with E-state index in [1.807, 2.05) is 24.3 Å². The van der Waals surface area contributed by atoms with Gasteiger partial charge in [-0.05, 0) is 43.0 Å². The van der Waals surface area contributed by atoms with Crippen LogP contribution in [0.1, 0.15) is 12.8 Å². The molecule has 1 aromatic heterocycles. The second-order valence-electron chi connectivity index (χ2n) is 4.81. The van der Waals surface area contributed by atoms with Crippen molar-refractivity contribution in [2.24, 2.45) is 0 Å². The van der Waals surface area contributed by atoms with E-state index in [1.54, 1.807) is 13.3 Å². The molecule has 1 saturated heterocycles. The van der Waals surface area contributed by atoms with E-state index in [4.69, 9.17) is 9.47 Å². The van der Waals surface area contributed by atoms with Crippen LogP contribution >= 0.6 is 0 Å². The zero-order chi connectivity index (χ0) is 13.1. The molecular formula is C15H18N2O2. The summed E-state index contributed by atoms with van der Waals surface area (Å²) >= 11 is 0. The number of nitrogens with zero attached hydrogens (tertiary/aromatic N) is 1. The van der Waals surface area contributed by atoms with Crippen molar-refractivity contribution < 1.29 is 9.47 Å². The normalized spacial score (nSPS) is 18.7. The molecule has 0 radical (unpaired) electrons. The molecule has 0 amide bonds. The third-order valence-corrected chi connectivity index (χ3v) is 3.52. The van der Waals surface area contributed by atoms with Gasteiger partial charge in [-0.15, -0.1) is 0 Å². The minimum atomic E-state index is 0.447. The van der Waals surface area contributed by atoms with Crippen molar-refractivity contribution in [2.45, 2.75) is 18.9 Å². The highest BCUT2D eigenvalue weighted by molar-refractivity contribution is 5.87. The summed E-state index contributed by atoms with van der Waals surface area (Å²) in [5, 5.41) is 5.54. The fourth-order valence-corrected chi connectivity index (χ4v) is 2.44. The first-order valence-electron chi connectivity index (χ1n) is 6.66. The van der Waals surface area contributed by atoms with Gasteiger partial charge in [0.2, 0.25) is 5.88 Å². The highest BCUT2D eigenvalue weighted by atomic mass is 16.5. The molecule has 100 valence electrons. The second-order valence-corrected chi connectivity index (χ2v) is 4.81. The molecule has 1 N–H and O–H groups in total. The maximum atomic E-state index is 5.87. The molecule has 3 rings (SSSR count). The monoisotopic (exact) mass is 258 g/mol. The highest BCUT2D eigenvalue weighted by Gasteiger charge is 2.15. The third-order valence-electron chi connectivity index (χ3n) is 3.52. The number of ether oxygens (including phenoxy) is 2. The van der Waals surface area contributed by atoms with E-state index in [-0.39, 0.29) is 0 Å². The Hall–Kier alpha value is -1.81. The lowest BCUT2D eigenvalue weighted by Gasteiger charge is -2.13. The first kappa shape index (κ1) is 12.2. The Bertz CT molecular complexity index is 565. The minimum Gasteiger partial charge on any atom is -0.497 e. The summed E-state index contributed by atoms with van der Waals surface area (Å²) in [4.78, 5) is 4.34. The van der Waals surface area contributed by atoms with Crippen LogP contribution in [0.2, 0.25) is 0 Å². The Morgan fingerprint density at radius 2 is 2.32 bits per heavy atom. The van der Waals surface area contributed by atoms with E-state index in [1.165, 1.54) is 12.8 Å². The Labute approximate surface area is 112 Å². The number of rotatable bonds is 4. The first-order chi connectivity index (χ1) is 9.36. The topological polar surface area (TPSA) is 43.4 Å². The van der Waals surface area contributed by atoms with E-state index in [0.717, 1.165) is 23.1 Å². The number of fused-ring (bicyclic) bond motifs is 1. The van der Waals surface area contributed by atoms with Gasteiger partial charge in [-0.2, -0.15) is 0 Å². The van der Waals surface area contributed by atoms with Crippen molar-refractivity contribution >= 4 is 10.8 Å². The minimum absolute atomic E-state index is 0.447. The van der Waals surface area contributed by atoms with E-state index in [0.29, 0.717) is 18.5 Å². The quantitative estimate of drug-likeness (QED) is 0.914. The Morgan fingerprint density at radius 3 is 3.11 bits per heavy atom. The summed E-state index contributed by atoms with van der Waals surface area (Å²) in [7, 11) is 1.67. The zero-order valence-corrected chi connectivity index (χ0v) is 11.1. The van der Waals surface area contributed by atoms with Crippen LogP contribution in [0.3, 0.4) is 0 Å². The van der Waals surface area contributed by atoms with Crippen molar-refractivity contribution in [2.75, 3.05) is 20.3 Å². The van der Waals surface area contributed by atoms with Gasteiger partial charge in [-0.3, -0.25) is 0 Å². The van der Waals surface area contributed by atoms with Gasteiger partial charge in [-0.25, -0.2) is 4.98 Å². The molecule has 4 heteroatoms.